The van der Waals surface area contributed by atoms with Gasteiger partial charge in [0.05, 0.1) is 24.2 Å². The number of ether oxygens (including phenoxy) is 2. The van der Waals surface area contributed by atoms with Crippen LogP contribution in [0.2, 0.25) is 0 Å². The Hall–Kier alpha value is -2.74. The number of carbonyl (C=O) groups excluding carboxylic acids is 1. The highest BCUT2D eigenvalue weighted by Gasteiger charge is 2.40. The topological polar surface area (TPSA) is 84.9 Å². The number of nitrogens with one attached hydrogen (secondary N) is 1. The Balaban J connectivity index is 2.03. The van der Waals surface area contributed by atoms with Crippen LogP contribution in [0.5, 0.6) is 11.5 Å². The highest BCUT2D eigenvalue weighted by Crippen LogP contribution is 2.40. The number of anilines is 1. The molecule has 2 aromatic rings. The lowest BCUT2D eigenvalue weighted by Gasteiger charge is -2.38. The molecule has 0 radical (unpaired) electrons. The van der Waals surface area contributed by atoms with Crippen LogP contribution in [0.25, 0.3) is 0 Å². The molecule has 1 heterocycles. The zero-order chi connectivity index (χ0) is 27.1. The molecule has 3 rings (SSSR count). The summed E-state index contributed by atoms with van der Waals surface area (Å²) in [6, 6.07) is 11.8. The lowest BCUT2D eigenvalue weighted by Crippen LogP contribution is -2.55. The summed E-state index contributed by atoms with van der Waals surface area (Å²) in [5.74, 6) is 0.578. The van der Waals surface area contributed by atoms with Crippen LogP contribution in [0, 0.1) is 5.41 Å². The molecule has 0 spiro atoms. The van der Waals surface area contributed by atoms with Crippen LogP contribution in [0.3, 0.4) is 0 Å². The third kappa shape index (κ3) is 6.33. The van der Waals surface area contributed by atoms with Crippen molar-refractivity contribution in [2.24, 2.45) is 5.41 Å². The van der Waals surface area contributed by atoms with Crippen molar-refractivity contribution in [1.29, 1.82) is 0 Å². The van der Waals surface area contributed by atoms with Crippen LogP contribution in [0.15, 0.2) is 47.4 Å². The van der Waals surface area contributed by atoms with Crippen molar-refractivity contribution in [2.45, 2.75) is 83.8 Å². The van der Waals surface area contributed by atoms with E-state index in [4.69, 9.17) is 9.47 Å². The number of rotatable bonds is 6. The molecule has 1 unspecified atom stereocenters. The van der Waals surface area contributed by atoms with Gasteiger partial charge in [-0.15, -0.1) is 0 Å². The average Bonchev–Trinajstić information content (AvgIpc) is 2.75. The summed E-state index contributed by atoms with van der Waals surface area (Å²) in [6.45, 7) is 16.3. The predicted molar refractivity (Wildman–Crippen MR) is 143 cm³/mol. The van der Waals surface area contributed by atoms with E-state index in [0.29, 0.717) is 17.2 Å². The molecule has 1 atom stereocenters. The van der Waals surface area contributed by atoms with Crippen LogP contribution in [-0.4, -0.2) is 39.6 Å². The molecule has 1 aliphatic heterocycles. The summed E-state index contributed by atoms with van der Waals surface area (Å²) in [4.78, 5) is 13.5. The second-order valence-corrected chi connectivity index (χ2v) is 14.2. The standard InChI is InChI=1S/C28H40N2O5S/c1-26(2,3)18-28(7,8)29-25(31)24-17-30(36(32,33)21-13-11-20(34-9)12-14-21)22-16-19(27(4,5)6)10-15-23(22)35-24/h10-16,24H,17-18H2,1-9H3,(H,29,31). The van der Waals surface area contributed by atoms with Crippen LogP contribution in [-0.2, 0) is 20.2 Å². The van der Waals surface area contributed by atoms with Crippen molar-refractivity contribution in [2.75, 3.05) is 18.0 Å². The Labute approximate surface area is 216 Å². The van der Waals surface area contributed by atoms with Crippen LogP contribution < -0.4 is 19.1 Å². The number of methoxy groups -OCH3 is 1. The average molecular weight is 517 g/mol. The van der Waals surface area contributed by atoms with Gasteiger partial charge in [0, 0.05) is 5.54 Å². The van der Waals surface area contributed by atoms with Crippen molar-refractivity contribution in [3.63, 3.8) is 0 Å². The summed E-state index contributed by atoms with van der Waals surface area (Å²) in [5, 5.41) is 3.07. The molecular weight excluding hydrogens is 476 g/mol. The van der Waals surface area contributed by atoms with Gasteiger partial charge in [0.1, 0.15) is 11.5 Å². The minimum Gasteiger partial charge on any atom is -0.497 e. The van der Waals surface area contributed by atoms with Crippen molar-refractivity contribution in [3.8, 4) is 11.5 Å². The van der Waals surface area contributed by atoms with Crippen molar-refractivity contribution >= 4 is 21.6 Å². The number of carbonyl (C=O) groups is 1. The molecule has 36 heavy (non-hydrogen) atoms. The molecule has 1 N–H and O–H groups in total. The fourth-order valence-corrected chi connectivity index (χ4v) is 6.21. The van der Waals surface area contributed by atoms with Gasteiger partial charge in [-0.25, -0.2) is 8.42 Å². The van der Waals surface area contributed by atoms with Crippen molar-refractivity contribution in [1.82, 2.24) is 5.32 Å². The lowest BCUT2D eigenvalue weighted by atomic mass is 9.81. The largest absolute Gasteiger partial charge is 0.497 e. The van der Waals surface area contributed by atoms with E-state index in [1.807, 2.05) is 26.0 Å². The minimum absolute atomic E-state index is 0.00387. The van der Waals surface area contributed by atoms with Gasteiger partial charge in [-0.05, 0) is 73.1 Å². The van der Waals surface area contributed by atoms with E-state index in [0.717, 1.165) is 12.0 Å². The second-order valence-electron chi connectivity index (χ2n) is 12.4. The SMILES string of the molecule is COc1ccc(S(=O)(=O)N2CC(C(=O)NC(C)(C)CC(C)(C)C)Oc3ccc(C(C)(C)C)cc32)cc1. The molecular formula is C28H40N2O5S. The molecule has 0 aliphatic carbocycles. The molecule has 1 amide bonds. The second kappa shape index (κ2) is 9.61. The number of nitrogens with zero attached hydrogens (tertiary/aromatic N) is 1. The highest BCUT2D eigenvalue weighted by atomic mass is 32.2. The first-order valence-electron chi connectivity index (χ1n) is 12.2. The van der Waals surface area contributed by atoms with Crippen LogP contribution >= 0.6 is 0 Å². The predicted octanol–water partition coefficient (Wildman–Crippen LogP) is 5.28. The van der Waals surface area contributed by atoms with Gasteiger partial charge in [-0.1, -0.05) is 47.6 Å². The molecule has 0 aromatic heterocycles. The Kier molecular flexibility index (Phi) is 7.44. The van der Waals surface area contributed by atoms with Gasteiger partial charge in [0.25, 0.3) is 15.9 Å². The number of sulfonamides is 1. The Bertz CT molecular complexity index is 1210. The maximum absolute atomic E-state index is 13.8. The molecule has 0 fully saturated rings. The van der Waals surface area contributed by atoms with Crippen LogP contribution in [0.4, 0.5) is 5.69 Å². The maximum atomic E-state index is 13.8. The normalized spacial score (nSPS) is 16.7. The van der Waals surface area contributed by atoms with Crippen molar-refractivity contribution in [3.05, 3.63) is 48.0 Å². The number of hydrogen-bond donors (Lipinski definition) is 1. The molecule has 0 saturated heterocycles. The number of amides is 1. The van der Waals surface area contributed by atoms with E-state index >= 15 is 0 Å². The van der Waals surface area contributed by atoms with E-state index < -0.39 is 21.7 Å². The zero-order valence-corrected chi connectivity index (χ0v) is 23.7. The molecule has 0 bridgehead atoms. The molecule has 8 heteroatoms. The third-order valence-electron chi connectivity index (χ3n) is 6.07. The number of benzene rings is 2. The highest BCUT2D eigenvalue weighted by molar-refractivity contribution is 7.92. The van der Waals surface area contributed by atoms with E-state index in [1.165, 1.54) is 23.5 Å². The summed E-state index contributed by atoms with van der Waals surface area (Å²) in [5.41, 5.74) is 0.708. The number of fused-ring (bicyclic) bond motifs is 1. The van der Waals surface area contributed by atoms with Gasteiger partial charge < -0.3 is 14.8 Å². The summed E-state index contributed by atoms with van der Waals surface area (Å²) in [7, 11) is -2.46. The Morgan fingerprint density at radius 3 is 2.17 bits per heavy atom. The van der Waals surface area contributed by atoms with E-state index in [9.17, 15) is 13.2 Å². The molecule has 2 aromatic carbocycles. The van der Waals surface area contributed by atoms with E-state index in [2.05, 4.69) is 46.9 Å². The van der Waals surface area contributed by atoms with Gasteiger partial charge in [-0.2, -0.15) is 0 Å². The van der Waals surface area contributed by atoms with E-state index in [1.54, 1.807) is 18.2 Å². The Morgan fingerprint density at radius 2 is 1.64 bits per heavy atom. The summed E-state index contributed by atoms with van der Waals surface area (Å²) < 4.78 is 40.3. The molecule has 198 valence electrons. The van der Waals surface area contributed by atoms with Gasteiger partial charge >= 0.3 is 0 Å². The van der Waals surface area contributed by atoms with Gasteiger partial charge in [0.15, 0.2) is 6.10 Å². The first-order chi connectivity index (χ1) is 16.4. The maximum Gasteiger partial charge on any atom is 0.264 e. The first kappa shape index (κ1) is 27.8. The van der Waals surface area contributed by atoms with Crippen LogP contribution in [0.1, 0.15) is 67.4 Å². The Morgan fingerprint density at radius 1 is 1.03 bits per heavy atom. The fourth-order valence-electron chi connectivity index (χ4n) is 4.74. The molecule has 1 aliphatic rings. The lowest BCUT2D eigenvalue weighted by molar-refractivity contribution is -0.129. The summed E-state index contributed by atoms with van der Waals surface area (Å²) >= 11 is 0. The quantitative estimate of drug-likeness (QED) is 0.565. The van der Waals surface area contributed by atoms with Gasteiger partial charge in [0.2, 0.25) is 0 Å². The fraction of sp³-hybridized carbons (Fsp3) is 0.536. The first-order valence-corrected chi connectivity index (χ1v) is 13.7. The van der Waals surface area contributed by atoms with Crippen molar-refractivity contribution < 1.29 is 22.7 Å². The molecule has 7 nitrogen and oxygen atoms in total. The van der Waals surface area contributed by atoms with Gasteiger partial charge in [-0.3, -0.25) is 9.10 Å². The molecule has 0 saturated carbocycles. The number of hydrogen-bond acceptors (Lipinski definition) is 5. The minimum atomic E-state index is -3.98. The third-order valence-corrected chi connectivity index (χ3v) is 7.86. The monoisotopic (exact) mass is 516 g/mol. The zero-order valence-electron chi connectivity index (χ0n) is 22.9. The smallest absolute Gasteiger partial charge is 0.264 e. The summed E-state index contributed by atoms with van der Waals surface area (Å²) in [6.07, 6.45) is -0.247. The van der Waals surface area contributed by atoms with E-state index in [-0.39, 0.29) is 28.2 Å².